The quantitative estimate of drug-likeness (QED) is 0.0711. The third-order valence-corrected chi connectivity index (χ3v) is 13.4. The van der Waals surface area contributed by atoms with Crippen LogP contribution in [0.3, 0.4) is 0 Å². The van der Waals surface area contributed by atoms with Crippen LogP contribution in [0.5, 0.6) is 5.75 Å². The fraction of sp³-hybridized carbons (Fsp3) is 0.490. The highest BCUT2D eigenvalue weighted by Gasteiger charge is 2.61. The van der Waals surface area contributed by atoms with E-state index in [4.69, 9.17) is 9.72 Å². The van der Waals surface area contributed by atoms with E-state index in [9.17, 15) is 53.7 Å². The number of aromatic nitrogens is 1. The zero-order valence-corrected chi connectivity index (χ0v) is 40.3. The predicted octanol–water partition coefficient (Wildman–Crippen LogP) is 3.32. The lowest BCUT2D eigenvalue weighted by atomic mass is 9.82. The molecule has 8 N–H and O–H groups in total. The SMILES string of the molecule is C=C[C@H]1C[C@]1(NC(=O)[C@@H]1C[C@@H](Oc2cc(-c3ccccc3)nc3ccccc23)CN1C(=O)[C@@H](NC(=O)[C@@H](NC(=O)[C@@H](CCC(=O)O)NC(=O)[C@H](CC(=O)O)NC(C)=O)C1CCCCC1)C(C)(C)C)C(=O)O. The zero-order valence-electron chi connectivity index (χ0n) is 40.3. The highest BCUT2D eigenvalue weighted by atomic mass is 16.5. The largest absolute Gasteiger partial charge is 0.488 e. The van der Waals surface area contributed by atoms with Crippen molar-refractivity contribution in [3.8, 4) is 17.0 Å². The molecule has 0 radical (unpaired) electrons. The molecule has 3 aromatic rings. The van der Waals surface area contributed by atoms with E-state index in [1.165, 1.54) is 11.0 Å². The van der Waals surface area contributed by atoms with Gasteiger partial charge in [-0.25, -0.2) is 9.78 Å². The first-order chi connectivity index (χ1) is 33.6. The van der Waals surface area contributed by atoms with Crippen LogP contribution in [0, 0.1) is 17.3 Å². The summed E-state index contributed by atoms with van der Waals surface area (Å²) in [7, 11) is 0. The Labute approximate surface area is 410 Å². The minimum absolute atomic E-state index is 0.0619. The van der Waals surface area contributed by atoms with Crippen LogP contribution in [0.1, 0.15) is 91.9 Å². The van der Waals surface area contributed by atoms with Crippen molar-refractivity contribution in [1.82, 2.24) is 36.5 Å². The molecule has 6 amide bonds. The van der Waals surface area contributed by atoms with Crippen molar-refractivity contribution in [2.45, 2.75) is 134 Å². The van der Waals surface area contributed by atoms with Gasteiger partial charge in [-0.2, -0.15) is 0 Å². The average Bonchev–Trinajstić information content (AvgIpc) is 3.89. The minimum Gasteiger partial charge on any atom is -0.488 e. The topological polar surface area (TPSA) is 300 Å². The number of carboxylic acids is 3. The van der Waals surface area contributed by atoms with E-state index < -0.39 is 132 Å². The number of rotatable bonds is 21. The summed E-state index contributed by atoms with van der Waals surface area (Å²) >= 11 is 0. The van der Waals surface area contributed by atoms with E-state index in [1.54, 1.807) is 26.8 Å². The molecule has 0 spiro atoms. The first kappa shape index (κ1) is 53.0. The van der Waals surface area contributed by atoms with Crippen LogP contribution in [0.4, 0.5) is 0 Å². The number of aliphatic carboxylic acids is 3. The standard InChI is InChI=1S/C51H63N7O13/c1-6-31-26-51(31,49(69)70)57-46(66)38-23-32(71-39-24-36(29-15-9-7-10-16-29)53-34-20-14-13-19-33(34)39)27-58(38)48(68)43(50(3,4)5)56-47(67)42(30-17-11-8-12-18-30)55-44(64)35(21-22-40(60)61)54-45(65)37(25-41(62)63)52-28(2)59/h6-7,9-10,13-16,19-20,24,30-32,35,37-38,42-43H,1,8,11-12,17-18,21-23,25-27H2,2-5H3,(H,52,59)(H,54,65)(H,55,64)(H,56,67)(H,57,66)(H,60,61)(H,62,63)(H,69,70)/t31-,32+,35+,37-,38-,42-,43+,51+/m0/s1. The first-order valence-corrected chi connectivity index (χ1v) is 23.8. The Hall–Kier alpha value is -7.38. The van der Waals surface area contributed by atoms with Gasteiger partial charge in [0, 0.05) is 42.7 Å². The number of hydrogen-bond donors (Lipinski definition) is 8. The van der Waals surface area contributed by atoms with E-state index in [2.05, 4.69) is 33.2 Å². The van der Waals surface area contributed by atoms with Crippen molar-refractivity contribution in [1.29, 1.82) is 0 Å². The fourth-order valence-electron chi connectivity index (χ4n) is 9.47. The Bertz CT molecular complexity index is 2530. The molecule has 2 heterocycles. The summed E-state index contributed by atoms with van der Waals surface area (Å²) in [6.07, 6.45) is 2.00. The molecule has 2 aromatic carbocycles. The smallest absolute Gasteiger partial charge is 0.330 e. The molecule has 0 unspecified atom stereocenters. The van der Waals surface area contributed by atoms with Gasteiger partial charge < -0.3 is 51.5 Å². The average molecular weight is 982 g/mol. The van der Waals surface area contributed by atoms with Crippen molar-refractivity contribution < 1.29 is 63.2 Å². The summed E-state index contributed by atoms with van der Waals surface area (Å²) in [5.41, 5.74) is -0.612. The number of carbonyl (C=O) groups excluding carboxylic acids is 6. The number of carbonyl (C=O) groups is 9. The number of nitrogens with zero attached hydrogens (tertiary/aromatic N) is 2. The van der Waals surface area contributed by atoms with Crippen LogP contribution in [-0.2, 0) is 43.2 Å². The molecule has 8 atom stereocenters. The molecule has 6 rings (SSSR count). The molecular weight excluding hydrogens is 919 g/mol. The van der Waals surface area contributed by atoms with Gasteiger partial charge in [0.25, 0.3) is 0 Å². The molecule has 380 valence electrons. The van der Waals surface area contributed by atoms with E-state index in [1.807, 2.05) is 54.6 Å². The second-order valence-electron chi connectivity index (χ2n) is 19.7. The van der Waals surface area contributed by atoms with Gasteiger partial charge in [0.1, 0.15) is 47.6 Å². The zero-order chi connectivity index (χ0) is 51.8. The van der Waals surface area contributed by atoms with Crippen molar-refractivity contribution in [3.05, 3.63) is 73.3 Å². The maximum Gasteiger partial charge on any atom is 0.330 e. The van der Waals surface area contributed by atoms with E-state index >= 15 is 4.79 Å². The summed E-state index contributed by atoms with van der Waals surface area (Å²) in [5, 5.41) is 42.7. The number of nitrogens with one attached hydrogen (secondary N) is 5. The van der Waals surface area contributed by atoms with E-state index in [0.717, 1.165) is 18.9 Å². The van der Waals surface area contributed by atoms with Crippen LogP contribution in [0.25, 0.3) is 22.2 Å². The molecule has 1 saturated heterocycles. The lowest BCUT2D eigenvalue weighted by Gasteiger charge is -2.38. The number of likely N-dealkylation sites (tertiary alicyclic amines) is 1. The third-order valence-electron chi connectivity index (χ3n) is 13.4. The van der Waals surface area contributed by atoms with Crippen molar-refractivity contribution >= 4 is 64.3 Å². The molecule has 1 aliphatic heterocycles. The number of para-hydroxylation sites is 1. The van der Waals surface area contributed by atoms with Gasteiger partial charge in [-0.05, 0) is 49.1 Å². The van der Waals surface area contributed by atoms with Crippen molar-refractivity contribution in [3.63, 3.8) is 0 Å². The highest BCUT2D eigenvalue weighted by Crippen LogP contribution is 2.45. The van der Waals surface area contributed by atoms with Crippen LogP contribution in [0.2, 0.25) is 0 Å². The lowest BCUT2D eigenvalue weighted by Crippen LogP contribution is -2.63. The van der Waals surface area contributed by atoms with Crippen LogP contribution in [-0.4, -0.2) is 127 Å². The molecule has 3 fully saturated rings. The Morgan fingerprint density at radius 3 is 2.11 bits per heavy atom. The number of hydrogen-bond acceptors (Lipinski definition) is 11. The van der Waals surface area contributed by atoms with Crippen LogP contribution in [0.15, 0.2) is 73.3 Å². The maximum absolute atomic E-state index is 15.2. The summed E-state index contributed by atoms with van der Waals surface area (Å²) in [4.78, 5) is 126. The van der Waals surface area contributed by atoms with Crippen molar-refractivity contribution in [2.24, 2.45) is 17.3 Å². The van der Waals surface area contributed by atoms with Gasteiger partial charge >= 0.3 is 17.9 Å². The van der Waals surface area contributed by atoms with Gasteiger partial charge in [-0.15, -0.1) is 6.58 Å². The molecule has 3 aliphatic rings. The Balaban J connectivity index is 1.31. The lowest BCUT2D eigenvalue weighted by molar-refractivity contribution is -0.147. The highest BCUT2D eigenvalue weighted by molar-refractivity contribution is 5.99. The molecule has 1 aromatic heterocycles. The molecule has 20 heteroatoms. The van der Waals surface area contributed by atoms with Crippen LogP contribution < -0.4 is 31.3 Å². The third kappa shape index (κ3) is 13.1. The Morgan fingerprint density at radius 1 is 0.845 bits per heavy atom. The van der Waals surface area contributed by atoms with Gasteiger partial charge in [0.05, 0.1) is 24.2 Å². The Kier molecular flexibility index (Phi) is 16.8. The number of amides is 6. The van der Waals surface area contributed by atoms with Gasteiger partial charge in [-0.1, -0.05) is 88.6 Å². The summed E-state index contributed by atoms with van der Waals surface area (Å²) in [6.45, 7) is 9.75. The number of ether oxygens (including phenoxy) is 1. The Morgan fingerprint density at radius 2 is 1.51 bits per heavy atom. The van der Waals surface area contributed by atoms with Gasteiger partial charge in [-0.3, -0.25) is 38.4 Å². The number of fused-ring (bicyclic) bond motifs is 1. The van der Waals surface area contributed by atoms with Gasteiger partial charge in [0.2, 0.25) is 35.4 Å². The fourth-order valence-corrected chi connectivity index (χ4v) is 9.47. The second kappa shape index (κ2) is 22.6. The minimum atomic E-state index is -1.63. The molecule has 0 bridgehead atoms. The summed E-state index contributed by atoms with van der Waals surface area (Å²) in [5.74, 6) is -9.56. The van der Waals surface area contributed by atoms with Crippen molar-refractivity contribution in [2.75, 3.05) is 6.54 Å². The number of pyridine rings is 1. The summed E-state index contributed by atoms with van der Waals surface area (Å²) in [6, 6.07) is 11.4. The molecule has 20 nitrogen and oxygen atoms in total. The normalized spacial score (nSPS) is 21.6. The van der Waals surface area contributed by atoms with E-state index in [0.29, 0.717) is 48.0 Å². The van der Waals surface area contributed by atoms with Crippen LogP contribution >= 0.6 is 0 Å². The first-order valence-electron chi connectivity index (χ1n) is 23.8. The number of benzene rings is 2. The molecular formula is C51H63N7O13. The maximum atomic E-state index is 15.2. The molecule has 2 aliphatic carbocycles. The van der Waals surface area contributed by atoms with Gasteiger partial charge in [0.15, 0.2) is 0 Å². The second-order valence-corrected chi connectivity index (χ2v) is 19.7. The summed E-state index contributed by atoms with van der Waals surface area (Å²) < 4.78 is 6.69. The van der Waals surface area contributed by atoms with E-state index in [-0.39, 0.29) is 19.4 Å². The number of carboxylic acid groups (broad SMARTS) is 3. The monoisotopic (exact) mass is 981 g/mol. The molecule has 2 saturated carbocycles. The molecule has 71 heavy (non-hydrogen) atoms. The predicted molar refractivity (Wildman–Crippen MR) is 257 cm³/mol.